The number of benzene rings is 1. The molecule has 1 unspecified atom stereocenters. The summed E-state index contributed by atoms with van der Waals surface area (Å²) in [7, 11) is 2.57. The lowest BCUT2D eigenvalue weighted by molar-refractivity contribution is 0.357. The van der Waals surface area contributed by atoms with Crippen LogP contribution in [-0.4, -0.2) is 41.9 Å². The Balaban J connectivity index is 0.00000132. The lowest BCUT2D eigenvalue weighted by atomic mass is 10.0. The summed E-state index contributed by atoms with van der Waals surface area (Å²) >= 11 is 0. The van der Waals surface area contributed by atoms with Gasteiger partial charge in [-0.25, -0.2) is 18.3 Å². The molecule has 1 aliphatic rings. The molecule has 1 aliphatic heterocycles. The molecule has 3 aromatic rings. The Morgan fingerprint density at radius 3 is 2.39 bits per heavy atom. The third-order valence-electron chi connectivity index (χ3n) is 4.98. The molecule has 4 rings (SSSR count). The number of aromatic nitrogens is 3. The van der Waals surface area contributed by atoms with Crippen molar-refractivity contribution in [2.45, 2.75) is 26.2 Å². The number of nitrogens with two attached hydrogens (primary N) is 1. The SMILES string of the molecule is CC.COc1cc(OC)c(F)c(C#Cc2cc(C3CCNC3)n3ncnc(N)c23)c1F. The second-order valence-corrected chi connectivity index (χ2v) is 6.61. The first-order valence-electron chi connectivity index (χ1n) is 10.00. The number of halogens is 2. The van der Waals surface area contributed by atoms with Crippen LogP contribution in [0.15, 0.2) is 18.5 Å². The molecule has 1 fully saturated rings. The maximum Gasteiger partial charge on any atom is 0.183 e. The van der Waals surface area contributed by atoms with Crippen molar-refractivity contribution < 1.29 is 18.3 Å². The molecule has 2 aromatic heterocycles. The third kappa shape index (κ3) is 4.11. The third-order valence-corrected chi connectivity index (χ3v) is 4.98. The van der Waals surface area contributed by atoms with Crippen molar-refractivity contribution in [2.24, 2.45) is 0 Å². The van der Waals surface area contributed by atoms with Crippen molar-refractivity contribution in [3.63, 3.8) is 0 Å². The number of hydrogen-bond acceptors (Lipinski definition) is 6. The Morgan fingerprint density at radius 2 is 1.81 bits per heavy atom. The van der Waals surface area contributed by atoms with Gasteiger partial charge in [0.2, 0.25) is 0 Å². The first-order chi connectivity index (χ1) is 15.0. The van der Waals surface area contributed by atoms with Crippen molar-refractivity contribution in [3.05, 3.63) is 46.9 Å². The van der Waals surface area contributed by atoms with Crippen LogP contribution in [-0.2, 0) is 0 Å². The van der Waals surface area contributed by atoms with Crippen LogP contribution in [0.3, 0.4) is 0 Å². The standard InChI is InChI=1S/C20H19F2N5O2.C2H6/c1-28-15-8-16(29-2)18(22)13(17(15)21)4-3-11-7-14(12-5-6-24-9-12)27-19(11)20(23)25-10-26-27;1-2/h7-8,10,12,24H,5-6,9H2,1-2H3,(H2,23,25,26);1-2H3. The highest BCUT2D eigenvalue weighted by Gasteiger charge is 2.23. The minimum atomic E-state index is -0.897. The van der Waals surface area contributed by atoms with E-state index < -0.39 is 17.2 Å². The van der Waals surface area contributed by atoms with Crippen molar-refractivity contribution >= 4 is 11.3 Å². The number of rotatable bonds is 3. The summed E-state index contributed by atoms with van der Waals surface area (Å²) in [6, 6.07) is 2.99. The zero-order valence-electron chi connectivity index (χ0n) is 17.9. The molecule has 0 saturated carbocycles. The van der Waals surface area contributed by atoms with E-state index in [9.17, 15) is 8.78 Å². The fourth-order valence-corrected chi connectivity index (χ4v) is 3.51. The summed E-state index contributed by atoms with van der Waals surface area (Å²) < 4.78 is 40.8. The maximum absolute atomic E-state index is 14.6. The van der Waals surface area contributed by atoms with Crippen molar-refractivity contribution in [2.75, 3.05) is 33.0 Å². The molecule has 1 aromatic carbocycles. The molecule has 3 N–H and O–H groups in total. The lowest BCUT2D eigenvalue weighted by Gasteiger charge is -2.08. The van der Waals surface area contributed by atoms with Gasteiger partial charge in [-0.2, -0.15) is 5.10 Å². The predicted molar refractivity (Wildman–Crippen MR) is 114 cm³/mol. The molecule has 0 spiro atoms. The van der Waals surface area contributed by atoms with Crippen molar-refractivity contribution in [1.29, 1.82) is 0 Å². The van der Waals surface area contributed by atoms with Crippen LogP contribution in [0.2, 0.25) is 0 Å². The molecule has 31 heavy (non-hydrogen) atoms. The predicted octanol–water partition coefficient (Wildman–Crippen LogP) is 3.11. The van der Waals surface area contributed by atoms with E-state index in [1.54, 1.807) is 4.52 Å². The Labute approximate surface area is 179 Å². The molecule has 0 radical (unpaired) electrons. The van der Waals surface area contributed by atoms with Crippen LogP contribution in [0.4, 0.5) is 14.6 Å². The highest BCUT2D eigenvalue weighted by atomic mass is 19.1. The normalized spacial score (nSPS) is 15.1. The minimum Gasteiger partial charge on any atom is -0.493 e. The molecule has 1 atom stereocenters. The average molecular weight is 429 g/mol. The summed E-state index contributed by atoms with van der Waals surface area (Å²) in [4.78, 5) is 4.03. The van der Waals surface area contributed by atoms with E-state index in [0.717, 1.165) is 31.3 Å². The second-order valence-electron chi connectivity index (χ2n) is 6.61. The zero-order chi connectivity index (χ0) is 22.5. The topological polar surface area (TPSA) is 86.7 Å². The summed E-state index contributed by atoms with van der Waals surface area (Å²) in [5, 5.41) is 7.60. The smallest absolute Gasteiger partial charge is 0.183 e. The molecule has 9 heteroatoms. The molecule has 0 bridgehead atoms. The van der Waals surface area contributed by atoms with E-state index in [1.165, 1.54) is 20.5 Å². The Hall–Kier alpha value is -3.38. The van der Waals surface area contributed by atoms with Crippen LogP contribution in [0.25, 0.3) is 5.52 Å². The zero-order valence-corrected chi connectivity index (χ0v) is 17.9. The van der Waals surface area contributed by atoms with E-state index in [2.05, 4.69) is 27.2 Å². The summed E-state index contributed by atoms with van der Waals surface area (Å²) in [5.41, 5.74) is 7.53. The second kappa shape index (κ2) is 9.62. The van der Waals surface area contributed by atoms with Gasteiger partial charge in [0.15, 0.2) is 29.0 Å². The van der Waals surface area contributed by atoms with E-state index >= 15 is 0 Å². The molecule has 0 amide bonds. The summed E-state index contributed by atoms with van der Waals surface area (Å²) in [6.07, 6.45) is 2.32. The Morgan fingerprint density at radius 1 is 1.13 bits per heavy atom. The summed E-state index contributed by atoms with van der Waals surface area (Å²) in [5.74, 6) is 3.77. The number of nitrogen functional groups attached to an aromatic ring is 1. The van der Waals surface area contributed by atoms with Crippen LogP contribution in [0, 0.1) is 23.5 Å². The molecule has 1 saturated heterocycles. The minimum absolute atomic E-state index is 0.158. The summed E-state index contributed by atoms with van der Waals surface area (Å²) in [6.45, 7) is 5.71. The van der Waals surface area contributed by atoms with Gasteiger partial charge in [0.25, 0.3) is 0 Å². The molecule has 7 nitrogen and oxygen atoms in total. The maximum atomic E-state index is 14.6. The largest absolute Gasteiger partial charge is 0.493 e. The average Bonchev–Trinajstić information content (AvgIpc) is 3.44. The highest BCUT2D eigenvalue weighted by Crippen LogP contribution is 2.31. The highest BCUT2D eigenvalue weighted by molar-refractivity contribution is 5.76. The van der Waals surface area contributed by atoms with E-state index in [1.807, 2.05) is 19.9 Å². The van der Waals surface area contributed by atoms with E-state index in [0.29, 0.717) is 11.1 Å². The number of nitrogens with one attached hydrogen (secondary N) is 1. The first kappa shape index (κ1) is 22.3. The van der Waals surface area contributed by atoms with Gasteiger partial charge in [-0.3, -0.25) is 0 Å². The van der Waals surface area contributed by atoms with E-state index in [4.69, 9.17) is 15.2 Å². The number of anilines is 1. The number of nitrogens with zero attached hydrogens (tertiary/aromatic N) is 3. The number of methoxy groups -OCH3 is 2. The van der Waals surface area contributed by atoms with Gasteiger partial charge in [0.05, 0.1) is 19.8 Å². The van der Waals surface area contributed by atoms with Crippen molar-refractivity contribution in [3.8, 4) is 23.3 Å². The first-order valence-corrected chi connectivity index (χ1v) is 10.00. The van der Waals surface area contributed by atoms with Gasteiger partial charge in [-0.15, -0.1) is 0 Å². The van der Waals surface area contributed by atoms with E-state index in [-0.39, 0.29) is 23.2 Å². The van der Waals surface area contributed by atoms with Gasteiger partial charge in [-0.1, -0.05) is 25.7 Å². The molecule has 164 valence electrons. The van der Waals surface area contributed by atoms with Gasteiger partial charge in [0.1, 0.15) is 17.4 Å². The number of fused-ring (bicyclic) bond motifs is 1. The van der Waals surface area contributed by atoms with Gasteiger partial charge in [-0.05, 0) is 19.0 Å². The Bertz CT molecular complexity index is 1120. The van der Waals surface area contributed by atoms with Crippen LogP contribution in [0.1, 0.15) is 43.0 Å². The van der Waals surface area contributed by atoms with Gasteiger partial charge < -0.3 is 20.5 Å². The molecule has 0 aliphatic carbocycles. The van der Waals surface area contributed by atoms with Gasteiger partial charge >= 0.3 is 0 Å². The Kier molecular flexibility index (Phi) is 6.92. The quantitative estimate of drug-likeness (QED) is 0.623. The van der Waals surface area contributed by atoms with Crippen LogP contribution >= 0.6 is 0 Å². The van der Waals surface area contributed by atoms with Crippen LogP contribution < -0.4 is 20.5 Å². The molecular weight excluding hydrogens is 404 g/mol. The monoisotopic (exact) mass is 429 g/mol. The van der Waals surface area contributed by atoms with Gasteiger partial charge in [0, 0.05) is 24.2 Å². The molecular formula is C22H25F2N5O2. The lowest BCUT2D eigenvalue weighted by Crippen LogP contribution is -2.10. The fraction of sp³-hybridized carbons (Fsp3) is 0.364. The van der Waals surface area contributed by atoms with Crippen molar-refractivity contribution in [1.82, 2.24) is 19.9 Å². The van der Waals surface area contributed by atoms with Crippen LogP contribution in [0.5, 0.6) is 11.5 Å². The fourth-order valence-electron chi connectivity index (χ4n) is 3.51. The number of ether oxygens (including phenoxy) is 2. The number of hydrogen-bond donors (Lipinski definition) is 2. The molecule has 3 heterocycles.